The molecule has 24 heavy (non-hydrogen) atoms. The Labute approximate surface area is 151 Å². The second kappa shape index (κ2) is 10.2. The van der Waals surface area contributed by atoms with Crippen molar-refractivity contribution in [1.29, 1.82) is 0 Å². The van der Waals surface area contributed by atoms with Crippen LogP contribution in [-0.2, 0) is 6.42 Å². The Morgan fingerprint density at radius 3 is 2.38 bits per heavy atom. The van der Waals surface area contributed by atoms with Gasteiger partial charge in [-0.3, -0.25) is 4.79 Å². The molecule has 0 aromatic heterocycles. The average molecular weight is 357 g/mol. The van der Waals surface area contributed by atoms with Gasteiger partial charge in [0.05, 0.1) is 14.2 Å². The molecule has 0 aliphatic carbocycles. The van der Waals surface area contributed by atoms with Crippen LogP contribution in [0.2, 0.25) is 0 Å². The number of benzene rings is 1. The van der Waals surface area contributed by atoms with Gasteiger partial charge in [0.25, 0.3) is 5.91 Å². The molecule has 0 atom stereocenters. The SMILES string of the molecule is C=CCc1cc(C(=O)NCC(N)(CC)CC)cc(OC)c1OC.Cl. The van der Waals surface area contributed by atoms with Gasteiger partial charge in [0.2, 0.25) is 0 Å². The van der Waals surface area contributed by atoms with Crippen LogP contribution in [-0.4, -0.2) is 32.2 Å². The summed E-state index contributed by atoms with van der Waals surface area (Å²) in [6.07, 6.45) is 3.96. The molecule has 0 saturated heterocycles. The molecule has 1 rings (SSSR count). The lowest BCUT2D eigenvalue weighted by Gasteiger charge is -2.27. The largest absolute Gasteiger partial charge is 0.493 e. The van der Waals surface area contributed by atoms with Gasteiger partial charge in [-0.25, -0.2) is 0 Å². The van der Waals surface area contributed by atoms with Gasteiger partial charge in [0, 0.05) is 23.2 Å². The summed E-state index contributed by atoms with van der Waals surface area (Å²) in [5.74, 6) is 0.981. The summed E-state index contributed by atoms with van der Waals surface area (Å²) in [6.45, 7) is 8.22. The summed E-state index contributed by atoms with van der Waals surface area (Å²) in [7, 11) is 3.13. The maximum atomic E-state index is 12.5. The molecule has 6 heteroatoms. The number of hydrogen-bond acceptors (Lipinski definition) is 4. The van der Waals surface area contributed by atoms with E-state index in [1.54, 1.807) is 32.4 Å². The van der Waals surface area contributed by atoms with Gasteiger partial charge in [-0.1, -0.05) is 19.9 Å². The number of amides is 1. The summed E-state index contributed by atoms with van der Waals surface area (Å²) < 4.78 is 10.7. The highest BCUT2D eigenvalue weighted by atomic mass is 35.5. The fraction of sp³-hybridized carbons (Fsp3) is 0.500. The Morgan fingerprint density at radius 2 is 1.92 bits per heavy atom. The fourth-order valence-electron chi connectivity index (χ4n) is 2.34. The van der Waals surface area contributed by atoms with Gasteiger partial charge in [0.1, 0.15) is 0 Å². The lowest BCUT2D eigenvalue weighted by Crippen LogP contribution is -2.49. The van der Waals surface area contributed by atoms with Crippen molar-refractivity contribution in [3.05, 3.63) is 35.9 Å². The van der Waals surface area contributed by atoms with Crippen molar-refractivity contribution in [3.8, 4) is 11.5 Å². The average Bonchev–Trinajstić information content (AvgIpc) is 2.58. The molecule has 0 aliphatic rings. The van der Waals surface area contributed by atoms with Crippen LogP contribution in [0.3, 0.4) is 0 Å². The number of nitrogens with two attached hydrogens (primary N) is 1. The lowest BCUT2D eigenvalue weighted by atomic mass is 9.94. The summed E-state index contributed by atoms with van der Waals surface area (Å²) >= 11 is 0. The molecule has 5 nitrogen and oxygen atoms in total. The smallest absolute Gasteiger partial charge is 0.251 e. The molecule has 1 aromatic carbocycles. The molecule has 0 aliphatic heterocycles. The highest BCUT2D eigenvalue weighted by Gasteiger charge is 2.22. The van der Waals surface area contributed by atoms with Gasteiger partial charge < -0.3 is 20.5 Å². The maximum Gasteiger partial charge on any atom is 0.251 e. The van der Waals surface area contributed by atoms with E-state index < -0.39 is 0 Å². The third-order valence-electron chi connectivity index (χ3n) is 4.19. The highest BCUT2D eigenvalue weighted by molar-refractivity contribution is 5.95. The molecular formula is C18H29ClN2O3. The Balaban J connectivity index is 0.00000529. The van der Waals surface area contributed by atoms with E-state index in [0.29, 0.717) is 30.0 Å². The number of nitrogens with one attached hydrogen (secondary N) is 1. The van der Waals surface area contributed by atoms with Crippen LogP contribution in [0, 0.1) is 0 Å². The Kier molecular flexibility index (Phi) is 9.48. The molecule has 3 N–H and O–H groups in total. The van der Waals surface area contributed by atoms with Gasteiger partial charge in [-0.05, 0) is 31.4 Å². The zero-order chi connectivity index (χ0) is 17.5. The molecule has 0 unspecified atom stereocenters. The van der Waals surface area contributed by atoms with E-state index in [9.17, 15) is 4.79 Å². The molecule has 0 fully saturated rings. The van der Waals surface area contributed by atoms with Crippen LogP contribution >= 0.6 is 12.4 Å². The Hall–Kier alpha value is -1.72. The first-order chi connectivity index (χ1) is 10.9. The van der Waals surface area contributed by atoms with E-state index in [2.05, 4.69) is 11.9 Å². The highest BCUT2D eigenvalue weighted by Crippen LogP contribution is 2.33. The summed E-state index contributed by atoms with van der Waals surface area (Å²) in [4.78, 5) is 12.5. The third-order valence-corrected chi connectivity index (χ3v) is 4.19. The van der Waals surface area contributed by atoms with E-state index >= 15 is 0 Å². The van der Waals surface area contributed by atoms with Crippen LogP contribution in [0.25, 0.3) is 0 Å². The number of rotatable bonds is 9. The van der Waals surface area contributed by atoms with Crippen molar-refractivity contribution in [2.75, 3.05) is 20.8 Å². The van der Waals surface area contributed by atoms with Crippen LogP contribution < -0.4 is 20.5 Å². The summed E-state index contributed by atoms with van der Waals surface area (Å²) in [5, 5.41) is 2.91. The number of hydrogen-bond donors (Lipinski definition) is 2. The van der Waals surface area contributed by atoms with Gasteiger partial charge in [-0.15, -0.1) is 19.0 Å². The number of halogens is 1. The first kappa shape index (κ1) is 22.3. The minimum Gasteiger partial charge on any atom is -0.493 e. The molecule has 1 aromatic rings. The van der Waals surface area contributed by atoms with Crippen LogP contribution in [0.5, 0.6) is 11.5 Å². The second-order valence-electron chi connectivity index (χ2n) is 5.62. The predicted octanol–water partition coefficient (Wildman–Crippen LogP) is 3.10. The third kappa shape index (κ3) is 5.42. The molecule has 0 bridgehead atoms. The summed E-state index contributed by atoms with van der Waals surface area (Å²) in [5.41, 5.74) is 7.23. The fourth-order valence-corrected chi connectivity index (χ4v) is 2.34. The molecule has 0 spiro atoms. The zero-order valence-electron chi connectivity index (χ0n) is 15.0. The van der Waals surface area contributed by atoms with Crippen LogP contribution in [0.4, 0.5) is 0 Å². The molecule has 0 radical (unpaired) electrons. The number of ether oxygens (including phenoxy) is 2. The normalized spacial score (nSPS) is 10.5. The van der Waals surface area contributed by atoms with Crippen molar-refractivity contribution in [3.63, 3.8) is 0 Å². The summed E-state index contributed by atoms with van der Waals surface area (Å²) in [6, 6.07) is 3.48. The van der Waals surface area contributed by atoms with Crippen molar-refractivity contribution in [2.24, 2.45) is 5.73 Å². The number of carbonyl (C=O) groups is 1. The topological polar surface area (TPSA) is 73.6 Å². The van der Waals surface area contributed by atoms with Gasteiger partial charge in [-0.2, -0.15) is 0 Å². The van der Waals surface area contributed by atoms with Gasteiger partial charge in [0.15, 0.2) is 11.5 Å². The second-order valence-corrected chi connectivity index (χ2v) is 5.62. The van der Waals surface area contributed by atoms with Crippen molar-refractivity contribution in [2.45, 2.75) is 38.6 Å². The lowest BCUT2D eigenvalue weighted by molar-refractivity contribution is 0.0941. The minimum atomic E-state index is -0.379. The molecule has 1 amide bonds. The number of allylic oxidation sites excluding steroid dienone is 1. The standard InChI is InChI=1S/C18H28N2O3.ClH/c1-6-9-13-10-14(11-15(22-4)16(13)23-5)17(21)20-12-18(19,7-2)8-3;/h6,10-11H,1,7-9,12,19H2,2-5H3,(H,20,21);1H. The zero-order valence-corrected chi connectivity index (χ0v) is 15.8. The van der Waals surface area contributed by atoms with E-state index in [0.717, 1.165) is 18.4 Å². The van der Waals surface area contributed by atoms with Crippen molar-refractivity contribution >= 4 is 18.3 Å². The Morgan fingerprint density at radius 1 is 1.29 bits per heavy atom. The predicted molar refractivity (Wildman–Crippen MR) is 101 cm³/mol. The van der Waals surface area contributed by atoms with E-state index in [1.807, 2.05) is 13.8 Å². The first-order valence-corrected chi connectivity index (χ1v) is 7.87. The maximum absolute atomic E-state index is 12.5. The minimum absolute atomic E-state index is 0. The van der Waals surface area contributed by atoms with Crippen molar-refractivity contribution in [1.82, 2.24) is 5.32 Å². The molecular weight excluding hydrogens is 328 g/mol. The van der Waals surface area contributed by atoms with E-state index in [1.165, 1.54) is 0 Å². The molecule has 0 saturated carbocycles. The first-order valence-electron chi connectivity index (χ1n) is 7.87. The van der Waals surface area contributed by atoms with Crippen LogP contribution in [0.1, 0.15) is 42.6 Å². The Bertz CT molecular complexity index is 557. The molecule has 136 valence electrons. The number of methoxy groups -OCH3 is 2. The quantitative estimate of drug-likeness (QED) is 0.667. The van der Waals surface area contributed by atoms with Gasteiger partial charge >= 0.3 is 0 Å². The number of carbonyl (C=O) groups excluding carboxylic acids is 1. The van der Waals surface area contributed by atoms with E-state index in [4.69, 9.17) is 15.2 Å². The monoisotopic (exact) mass is 356 g/mol. The molecule has 0 heterocycles. The van der Waals surface area contributed by atoms with Crippen molar-refractivity contribution < 1.29 is 14.3 Å². The van der Waals surface area contributed by atoms with Crippen LogP contribution in [0.15, 0.2) is 24.8 Å². The van der Waals surface area contributed by atoms with E-state index in [-0.39, 0.29) is 23.9 Å².